The van der Waals surface area contributed by atoms with Crippen molar-refractivity contribution in [1.82, 2.24) is 0 Å². The molecule has 29 heavy (non-hydrogen) atoms. The summed E-state index contributed by atoms with van der Waals surface area (Å²) in [7, 11) is 0. The Bertz CT molecular complexity index is 1130. The average Bonchev–Trinajstić information content (AvgIpc) is 3.16. The molecule has 3 aromatic rings. The summed E-state index contributed by atoms with van der Waals surface area (Å²) in [5.41, 5.74) is 2.06. The lowest BCUT2D eigenvalue weighted by Gasteiger charge is -2.04. The minimum absolute atomic E-state index is 0.0399. The Morgan fingerprint density at radius 3 is 1.90 bits per heavy atom. The van der Waals surface area contributed by atoms with Gasteiger partial charge in [-0.1, -0.05) is 91.0 Å². The summed E-state index contributed by atoms with van der Waals surface area (Å²) < 4.78 is 5.28. The van der Waals surface area contributed by atoms with E-state index in [9.17, 15) is 9.59 Å². The number of ketones is 1. The van der Waals surface area contributed by atoms with Crippen LogP contribution >= 0.6 is 0 Å². The minimum atomic E-state index is -0.604. The Kier molecular flexibility index (Phi) is 5.21. The Hall–Kier alpha value is -4.12. The van der Waals surface area contributed by atoms with Gasteiger partial charge in [0.15, 0.2) is 5.71 Å². The van der Waals surface area contributed by atoms with Crippen LogP contribution in [0.5, 0.6) is 0 Å². The molecule has 5 nitrogen and oxygen atoms in total. The third-order valence-electron chi connectivity index (χ3n) is 4.29. The van der Waals surface area contributed by atoms with Crippen molar-refractivity contribution in [3.63, 3.8) is 0 Å². The van der Waals surface area contributed by atoms with Crippen LogP contribution in [0.1, 0.15) is 21.5 Å². The van der Waals surface area contributed by atoms with E-state index in [4.69, 9.17) is 4.74 Å². The van der Waals surface area contributed by atoms with Crippen molar-refractivity contribution >= 4 is 28.9 Å². The molecule has 3 aromatic carbocycles. The number of rotatable bonds is 5. The van der Waals surface area contributed by atoms with E-state index in [2.05, 4.69) is 10.2 Å². The van der Waals surface area contributed by atoms with E-state index in [-0.39, 0.29) is 17.2 Å². The van der Waals surface area contributed by atoms with E-state index in [1.54, 1.807) is 36.4 Å². The van der Waals surface area contributed by atoms with Crippen molar-refractivity contribution in [3.05, 3.63) is 114 Å². The molecule has 1 heterocycles. The Labute approximate surface area is 167 Å². The first-order valence-electron chi connectivity index (χ1n) is 9.02. The maximum Gasteiger partial charge on any atom is 0.364 e. The van der Waals surface area contributed by atoms with Gasteiger partial charge in [-0.15, -0.1) is 10.2 Å². The molecule has 0 atom stereocenters. The molecule has 0 aromatic heterocycles. The van der Waals surface area contributed by atoms with E-state index >= 15 is 0 Å². The molecule has 0 saturated heterocycles. The van der Waals surface area contributed by atoms with Crippen LogP contribution in [-0.4, -0.2) is 23.2 Å². The lowest BCUT2D eigenvalue weighted by Crippen LogP contribution is -2.16. The summed E-state index contributed by atoms with van der Waals surface area (Å²) in [5.74, 6) is -0.479. The average molecular weight is 380 g/mol. The second kappa shape index (κ2) is 8.27. The van der Waals surface area contributed by atoms with Crippen molar-refractivity contribution in [2.45, 2.75) is 0 Å². The first-order chi connectivity index (χ1) is 14.2. The van der Waals surface area contributed by atoms with Crippen LogP contribution in [0.2, 0.25) is 0 Å². The van der Waals surface area contributed by atoms with Gasteiger partial charge >= 0.3 is 5.97 Å². The summed E-state index contributed by atoms with van der Waals surface area (Å²) in [5, 5.41) is 8.18. The topological polar surface area (TPSA) is 68.1 Å². The summed E-state index contributed by atoms with van der Waals surface area (Å²) in [6.07, 6.45) is 1.52. The largest absolute Gasteiger partial charge is 0.421 e. The molecule has 0 unspecified atom stereocenters. The zero-order chi connectivity index (χ0) is 20.1. The molecule has 0 aliphatic carbocycles. The summed E-state index contributed by atoms with van der Waals surface area (Å²) in [6.45, 7) is 0. The number of esters is 1. The highest BCUT2D eigenvalue weighted by molar-refractivity contribution is 6.52. The molecule has 0 bridgehead atoms. The van der Waals surface area contributed by atoms with Crippen molar-refractivity contribution in [2.75, 3.05) is 0 Å². The molecule has 140 valence electrons. The molecule has 5 heteroatoms. The first-order valence-corrected chi connectivity index (χ1v) is 9.02. The molecule has 0 amide bonds. The standard InChI is InChI=1S/C24H16N2O3/c27-23(19-14-8-3-9-15-19)22(18-12-6-2-7-13-18)26-25-20-16-21(29-24(20)28)17-10-4-1-5-11-17/h1-16H/b25-20+,26-22-. The van der Waals surface area contributed by atoms with Crippen LogP contribution in [0.15, 0.2) is 107 Å². The van der Waals surface area contributed by atoms with E-state index < -0.39 is 5.97 Å². The predicted molar refractivity (Wildman–Crippen MR) is 112 cm³/mol. The number of cyclic esters (lactones) is 1. The number of hydrogen-bond donors (Lipinski definition) is 0. The Morgan fingerprint density at radius 1 is 0.724 bits per heavy atom. The zero-order valence-electron chi connectivity index (χ0n) is 15.4. The smallest absolute Gasteiger partial charge is 0.364 e. The maximum absolute atomic E-state index is 13.0. The van der Waals surface area contributed by atoms with Crippen molar-refractivity contribution in [3.8, 4) is 0 Å². The van der Waals surface area contributed by atoms with Gasteiger partial charge < -0.3 is 4.74 Å². The number of nitrogens with zero attached hydrogens (tertiary/aromatic N) is 2. The van der Waals surface area contributed by atoms with Gasteiger partial charge in [0.25, 0.3) is 0 Å². The van der Waals surface area contributed by atoms with E-state index in [0.29, 0.717) is 16.9 Å². The number of Topliss-reactive ketones (excluding diaryl/α,β-unsaturated/α-hetero) is 1. The van der Waals surface area contributed by atoms with Gasteiger partial charge in [0.05, 0.1) is 0 Å². The molecule has 0 fully saturated rings. The highest BCUT2D eigenvalue weighted by Gasteiger charge is 2.24. The zero-order valence-corrected chi connectivity index (χ0v) is 15.4. The second-order valence-electron chi connectivity index (χ2n) is 6.26. The van der Waals surface area contributed by atoms with Gasteiger partial charge in [-0.2, -0.15) is 0 Å². The number of benzene rings is 3. The fraction of sp³-hybridized carbons (Fsp3) is 0. The molecule has 0 saturated carbocycles. The quantitative estimate of drug-likeness (QED) is 0.287. The van der Waals surface area contributed by atoms with E-state index in [1.165, 1.54) is 6.08 Å². The normalized spacial score (nSPS) is 15.2. The lowest BCUT2D eigenvalue weighted by atomic mass is 10.0. The SMILES string of the molecule is O=C1OC(c2ccccc2)=C/C1=N\N=C(/C(=O)c1ccccc1)c1ccccc1. The van der Waals surface area contributed by atoms with E-state index in [0.717, 1.165) is 5.56 Å². The third-order valence-corrected chi connectivity index (χ3v) is 4.29. The minimum Gasteiger partial charge on any atom is -0.421 e. The van der Waals surface area contributed by atoms with Gasteiger partial charge in [-0.25, -0.2) is 4.79 Å². The molecular formula is C24H16N2O3. The first kappa shape index (κ1) is 18.3. The number of carbonyl (C=O) groups excluding carboxylic acids is 2. The summed E-state index contributed by atoms with van der Waals surface area (Å²) >= 11 is 0. The van der Waals surface area contributed by atoms with Crippen LogP contribution < -0.4 is 0 Å². The maximum atomic E-state index is 13.0. The molecule has 1 aliphatic rings. The molecule has 0 radical (unpaired) electrons. The van der Waals surface area contributed by atoms with Gasteiger partial charge in [0.2, 0.25) is 5.78 Å². The number of hydrogen-bond acceptors (Lipinski definition) is 5. The molecular weight excluding hydrogens is 364 g/mol. The Balaban J connectivity index is 1.72. The number of carbonyl (C=O) groups is 2. The predicted octanol–water partition coefficient (Wildman–Crippen LogP) is 4.31. The highest BCUT2D eigenvalue weighted by Crippen LogP contribution is 2.21. The van der Waals surface area contributed by atoms with Gasteiger partial charge in [-0.3, -0.25) is 4.79 Å². The Morgan fingerprint density at radius 2 is 1.28 bits per heavy atom. The van der Waals surface area contributed by atoms with Crippen LogP contribution in [0.3, 0.4) is 0 Å². The van der Waals surface area contributed by atoms with E-state index in [1.807, 2.05) is 54.6 Å². The third kappa shape index (κ3) is 4.09. The highest BCUT2D eigenvalue weighted by atomic mass is 16.5. The fourth-order valence-corrected chi connectivity index (χ4v) is 2.84. The second-order valence-corrected chi connectivity index (χ2v) is 6.26. The van der Waals surface area contributed by atoms with Gasteiger partial charge in [-0.05, 0) is 0 Å². The molecule has 4 rings (SSSR count). The molecule has 0 spiro atoms. The number of ether oxygens (including phenoxy) is 1. The summed E-state index contributed by atoms with van der Waals surface area (Å²) in [4.78, 5) is 25.2. The lowest BCUT2D eigenvalue weighted by molar-refractivity contribution is -0.128. The van der Waals surface area contributed by atoms with Crippen molar-refractivity contribution in [2.24, 2.45) is 10.2 Å². The van der Waals surface area contributed by atoms with Crippen LogP contribution in [0, 0.1) is 0 Å². The van der Waals surface area contributed by atoms with Crippen molar-refractivity contribution < 1.29 is 14.3 Å². The van der Waals surface area contributed by atoms with Gasteiger partial charge in [0.1, 0.15) is 11.5 Å². The molecule has 1 aliphatic heterocycles. The summed E-state index contributed by atoms with van der Waals surface area (Å²) in [6, 6.07) is 27.1. The van der Waals surface area contributed by atoms with Crippen LogP contribution in [-0.2, 0) is 9.53 Å². The van der Waals surface area contributed by atoms with Crippen LogP contribution in [0.4, 0.5) is 0 Å². The van der Waals surface area contributed by atoms with Crippen LogP contribution in [0.25, 0.3) is 5.76 Å². The van der Waals surface area contributed by atoms with Gasteiger partial charge in [0, 0.05) is 22.8 Å². The monoisotopic (exact) mass is 380 g/mol. The fourth-order valence-electron chi connectivity index (χ4n) is 2.84. The molecule has 0 N–H and O–H groups in total. The van der Waals surface area contributed by atoms with Crippen molar-refractivity contribution in [1.29, 1.82) is 0 Å².